The van der Waals surface area contributed by atoms with E-state index in [4.69, 9.17) is 0 Å². The Morgan fingerprint density at radius 2 is 1.69 bits per heavy atom. The van der Waals surface area contributed by atoms with Gasteiger partial charge in [0.1, 0.15) is 0 Å². The van der Waals surface area contributed by atoms with E-state index in [0.717, 1.165) is 30.6 Å². The molecule has 0 radical (unpaired) electrons. The fourth-order valence-electron chi connectivity index (χ4n) is 6.45. The summed E-state index contributed by atoms with van der Waals surface area (Å²) in [7, 11) is 0. The molecule has 0 saturated heterocycles. The molecule has 35 heavy (non-hydrogen) atoms. The molecule has 0 heteroatoms. The second-order valence-corrected chi connectivity index (χ2v) is 12.0. The Bertz CT molecular complexity index is 772. The molecular formula is C35H62. The number of rotatable bonds is 6. The number of allylic oxidation sites excluding steroid dienone is 8. The Labute approximate surface area is 222 Å². The van der Waals surface area contributed by atoms with Crippen molar-refractivity contribution >= 4 is 0 Å². The van der Waals surface area contributed by atoms with Gasteiger partial charge in [0.05, 0.1) is 0 Å². The van der Waals surface area contributed by atoms with Crippen LogP contribution in [0.3, 0.4) is 0 Å². The summed E-state index contributed by atoms with van der Waals surface area (Å²) < 4.78 is 0. The van der Waals surface area contributed by atoms with Crippen LogP contribution in [0.15, 0.2) is 59.8 Å². The Morgan fingerprint density at radius 3 is 2.26 bits per heavy atom. The van der Waals surface area contributed by atoms with E-state index in [-0.39, 0.29) is 20.3 Å². The van der Waals surface area contributed by atoms with Crippen LogP contribution in [0.25, 0.3) is 0 Å². The smallest absolute Gasteiger partial charge is 0.00784 e. The van der Waals surface area contributed by atoms with Gasteiger partial charge in [0.2, 0.25) is 0 Å². The largest absolute Gasteiger partial charge is 0.0996 e. The summed E-state index contributed by atoms with van der Waals surface area (Å²) >= 11 is 0. The minimum Gasteiger partial charge on any atom is -0.0996 e. The Morgan fingerprint density at radius 1 is 1.03 bits per heavy atom. The molecule has 5 atom stereocenters. The normalized spacial score (nSPS) is 33.6. The number of hydrogen-bond acceptors (Lipinski definition) is 0. The third-order valence-electron chi connectivity index (χ3n) is 9.61. The molecule has 202 valence electrons. The summed E-state index contributed by atoms with van der Waals surface area (Å²) in [6.45, 7) is 26.8. The average molecular weight is 483 g/mol. The quantitative estimate of drug-likeness (QED) is 0.330. The third kappa shape index (κ3) is 7.84. The molecule has 3 rings (SSSR count). The lowest BCUT2D eigenvalue weighted by Gasteiger charge is -2.42. The summed E-state index contributed by atoms with van der Waals surface area (Å²) in [6, 6.07) is 0. The summed E-state index contributed by atoms with van der Waals surface area (Å²) in [5.41, 5.74) is 6.59. The molecule has 0 aromatic carbocycles. The highest BCUT2D eigenvalue weighted by Gasteiger charge is 2.48. The van der Waals surface area contributed by atoms with Gasteiger partial charge in [0.15, 0.2) is 0 Å². The van der Waals surface area contributed by atoms with E-state index in [9.17, 15) is 0 Å². The lowest BCUT2D eigenvalue weighted by molar-refractivity contribution is 0.137. The predicted molar refractivity (Wildman–Crippen MR) is 163 cm³/mol. The van der Waals surface area contributed by atoms with Gasteiger partial charge in [-0.1, -0.05) is 118 Å². The van der Waals surface area contributed by atoms with Gasteiger partial charge in [-0.15, -0.1) is 0 Å². The first-order chi connectivity index (χ1) is 15.6. The Kier molecular flexibility index (Phi) is 13.9. The highest BCUT2D eigenvalue weighted by molar-refractivity contribution is 5.38. The summed E-state index contributed by atoms with van der Waals surface area (Å²) in [6.07, 6.45) is 21.5. The van der Waals surface area contributed by atoms with Crippen LogP contribution in [0.1, 0.15) is 128 Å². The van der Waals surface area contributed by atoms with Gasteiger partial charge in [0.25, 0.3) is 0 Å². The zero-order valence-electron chi connectivity index (χ0n) is 23.4. The second kappa shape index (κ2) is 14.4. The second-order valence-electron chi connectivity index (χ2n) is 12.0. The molecule has 5 unspecified atom stereocenters. The van der Waals surface area contributed by atoms with Crippen LogP contribution in [0.5, 0.6) is 0 Å². The van der Waals surface area contributed by atoms with Crippen molar-refractivity contribution in [3.05, 3.63) is 59.8 Å². The van der Waals surface area contributed by atoms with Crippen molar-refractivity contribution in [1.82, 2.24) is 0 Å². The number of fused-ring (bicyclic) bond motifs is 1. The Balaban J connectivity index is 0.00000282. The van der Waals surface area contributed by atoms with E-state index >= 15 is 0 Å². The molecule has 3 aliphatic carbocycles. The van der Waals surface area contributed by atoms with Crippen molar-refractivity contribution < 1.29 is 0 Å². The van der Waals surface area contributed by atoms with Gasteiger partial charge in [0, 0.05) is 0 Å². The number of hydrogen-bond donors (Lipinski definition) is 0. The van der Waals surface area contributed by atoms with Gasteiger partial charge in [-0.25, -0.2) is 0 Å². The molecular weight excluding hydrogens is 420 g/mol. The van der Waals surface area contributed by atoms with E-state index in [1.807, 2.05) is 13.8 Å². The molecule has 0 aromatic rings. The summed E-state index contributed by atoms with van der Waals surface area (Å²) in [5, 5.41) is 0. The first-order valence-corrected chi connectivity index (χ1v) is 14.0. The van der Waals surface area contributed by atoms with Gasteiger partial charge < -0.3 is 0 Å². The average Bonchev–Trinajstić information content (AvgIpc) is 3.11. The van der Waals surface area contributed by atoms with Crippen molar-refractivity contribution in [3.8, 4) is 0 Å². The predicted octanol–water partition coefficient (Wildman–Crippen LogP) is 11.9. The zero-order chi connectivity index (χ0) is 24.8. The van der Waals surface area contributed by atoms with E-state index in [1.54, 1.807) is 5.57 Å². The molecule has 0 heterocycles. The van der Waals surface area contributed by atoms with Gasteiger partial charge >= 0.3 is 0 Å². The molecule has 3 saturated carbocycles. The van der Waals surface area contributed by atoms with Crippen molar-refractivity contribution in [2.45, 2.75) is 128 Å². The first kappa shape index (κ1) is 33.7. The molecule has 0 aliphatic heterocycles. The van der Waals surface area contributed by atoms with Crippen molar-refractivity contribution in [1.29, 1.82) is 0 Å². The standard InChI is InChI=1S/C31H48.C2H6.2CH4/c1-22(2)24(5)11-9-13-28-16-17-29-27(12-10-19-31(28,29)8)15-14-26-18-20-30(7,23(3)4)21-25(26)6;1-2;;/h9,11,14-15,22,24,28-29H,3,6,10,12-13,16-21H2,1-2,4-5,7-8H3;1-2H3;2*1H4/b11-9+,26-14+,27-15+;;;. The maximum absolute atomic E-state index is 4.44. The van der Waals surface area contributed by atoms with Crippen LogP contribution in [0.4, 0.5) is 0 Å². The zero-order valence-corrected chi connectivity index (χ0v) is 23.4. The monoisotopic (exact) mass is 482 g/mol. The maximum atomic E-state index is 4.44. The van der Waals surface area contributed by atoms with E-state index in [1.165, 1.54) is 61.7 Å². The minimum absolute atomic E-state index is 0. The molecule has 0 spiro atoms. The third-order valence-corrected chi connectivity index (χ3v) is 9.61. The SMILES string of the molecule is C.C.C=C1CC(C)(C(=C)C)CC/C1=C\C=C1/CCCC2(C)C(C/C=C/C(C)C(C)C)CCC12.CC. The molecule has 0 N–H and O–H groups in total. The van der Waals surface area contributed by atoms with E-state index in [0.29, 0.717) is 11.3 Å². The first-order valence-electron chi connectivity index (χ1n) is 14.0. The van der Waals surface area contributed by atoms with Crippen LogP contribution in [-0.4, -0.2) is 0 Å². The lowest BCUT2D eigenvalue weighted by Crippen LogP contribution is -2.33. The summed E-state index contributed by atoms with van der Waals surface area (Å²) in [4.78, 5) is 0. The van der Waals surface area contributed by atoms with Crippen LogP contribution in [0.2, 0.25) is 0 Å². The highest BCUT2D eigenvalue weighted by Crippen LogP contribution is 2.58. The molecule has 0 nitrogen and oxygen atoms in total. The van der Waals surface area contributed by atoms with Crippen molar-refractivity contribution in [2.24, 2.45) is 34.5 Å². The van der Waals surface area contributed by atoms with Crippen LogP contribution in [-0.2, 0) is 0 Å². The van der Waals surface area contributed by atoms with Gasteiger partial charge in [-0.05, 0) is 105 Å². The lowest BCUT2D eigenvalue weighted by atomic mass is 9.63. The van der Waals surface area contributed by atoms with Crippen LogP contribution < -0.4 is 0 Å². The van der Waals surface area contributed by atoms with Gasteiger partial charge in [-0.3, -0.25) is 0 Å². The van der Waals surface area contributed by atoms with Crippen molar-refractivity contribution in [3.63, 3.8) is 0 Å². The van der Waals surface area contributed by atoms with Crippen LogP contribution >= 0.6 is 0 Å². The van der Waals surface area contributed by atoms with Crippen LogP contribution in [0, 0.1) is 34.5 Å². The molecule has 3 fully saturated rings. The molecule has 0 bridgehead atoms. The van der Waals surface area contributed by atoms with Crippen molar-refractivity contribution in [2.75, 3.05) is 0 Å². The fourth-order valence-corrected chi connectivity index (χ4v) is 6.45. The van der Waals surface area contributed by atoms with E-state index in [2.05, 4.69) is 79.0 Å². The minimum atomic E-state index is 0. The summed E-state index contributed by atoms with van der Waals surface area (Å²) in [5.74, 6) is 3.07. The Hall–Kier alpha value is -1.30. The fraction of sp³-hybridized carbons (Fsp3) is 0.714. The van der Waals surface area contributed by atoms with Gasteiger partial charge in [-0.2, -0.15) is 0 Å². The molecule has 0 aromatic heterocycles. The van der Waals surface area contributed by atoms with E-state index < -0.39 is 0 Å². The highest BCUT2D eigenvalue weighted by atomic mass is 14.5. The molecule has 0 amide bonds. The maximum Gasteiger partial charge on any atom is -0.00784 e. The topological polar surface area (TPSA) is 0 Å². The molecule has 3 aliphatic rings.